The molecule has 0 aromatic carbocycles. The Morgan fingerprint density at radius 1 is 1.27 bits per heavy atom. The fourth-order valence-corrected chi connectivity index (χ4v) is 4.18. The van der Waals surface area contributed by atoms with Crippen LogP contribution in [0.15, 0.2) is 23.8 Å². The van der Waals surface area contributed by atoms with Gasteiger partial charge in [0.25, 0.3) is 0 Å². The highest BCUT2D eigenvalue weighted by Crippen LogP contribution is 2.45. The molecule has 5 nitrogen and oxygen atoms in total. The average molecular weight is 366 g/mol. The quantitative estimate of drug-likeness (QED) is 0.407. The smallest absolute Gasteiger partial charge is 0.303 e. The van der Waals surface area contributed by atoms with Crippen molar-refractivity contribution in [1.29, 1.82) is 0 Å². The van der Waals surface area contributed by atoms with E-state index in [4.69, 9.17) is 9.84 Å². The van der Waals surface area contributed by atoms with Crippen LogP contribution in [0.5, 0.6) is 0 Å². The number of allylic oxidation sites excluding steroid dienone is 2. The summed E-state index contributed by atoms with van der Waals surface area (Å²) in [6, 6.07) is 0. The summed E-state index contributed by atoms with van der Waals surface area (Å²) in [6.07, 6.45) is 11.1. The van der Waals surface area contributed by atoms with Crippen molar-refractivity contribution in [3.63, 3.8) is 0 Å². The first-order valence-corrected chi connectivity index (χ1v) is 9.92. The van der Waals surface area contributed by atoms with Gasteiger partial charge in [0.05, 0.1) is 24.4 Å². The minimum atomic E-state index is -0.745. The molecule has 0 unspecified atom stereocenters. The molecule has 3 N–H and O–H groups in total. The Kier molecular flexibility index (Phi) is 8.32. The molecule has 0 aromatic rings. The van der Waals surface area contributed by atoms with Crippen LogP contribution in [0.4, 0.5) is 0 Å². The maximum Gasteiger partial charge on any atom is 0.303 e. The lowest BCUT2D eigenvalue weighted by atomic mass is 9.89. The highest BCUT2D eigenvalue weighted by molar-refractivity contribution is 5.66. The van der Waals surface area contributed by atoms with Crippen LogP contribution in [-0.2, 0) is 9.53 Å². The molecule has 1 saturated heterocycles. The number of aliphatic carboxylic acids is 1. The van der Waals surface area contributed by atoms with Gasteiger partial charge in [-0.2, -0.15) is 0 Å². The van der Waals surface area contributed by atoms with E-state index in [9.17, 15) is 15.0 Å². The van der Waals surface area contributed by atoms with Crippen molar-refractivity contribution in [2.45, 2.75) is 89.6 Å². The molecule has 2 rings (SSSR count). The van der Waals surface area contributed by atoms with E-state index in [1.165, 1.54) is 5.57 Å². The molecule has 0 bridgehead atoms. The maximum atomic E-state index is 10.6. The first-order valence-electron chi connectivity index (χ1n) is 9.92. The number of carboxylic acids is 1. The Balaban J connectivity index is 1.78. The summed E-state index contributed by atoms with van der Waals surface area (Å²) in [6.45, 7) is 4.10. The van der Waals surface area contributed by atoms with Crippen LogP contribution in [0.2, 0.25) is 0 Å². The summed E-state index contributed by atoms with van der Waals surface area (Å²) >= 11 is 0. The van der Waals surface area contributed by atoms with Gasteiger partial charge >= 0.3 is 5.97 Å². The molecule has 6 atom stereocenters. The number of carbonyl (C=O) groups is 1. The largest absolute Gasteiger partial charge is 0.481 e. The average Bonchev–Trinajstić information content (AvgIpc) is 3.05. The minimum Gasteiger partial charge on any atom is -0.481 e. The van der Waals surface area contributed by atoms with E-state index >= 15 is 0 Å². The van der Waals surface area contributed by atoms with Gasteiger partial charge in [0.1, 0.15) is 0 Å². The third-order valence-corrected chi connectivity index (χ3v) is 5.53. The van der Waals surface area contributed by atoms with Crippen molar-refractivity contribution in [2.24, 2.45) is 11.8 Å². The van der Waals surface area contributed by atoms with Gasteiger partial charge < -0.3 is 20.1 Å². The van der Waals surface area contributed by atoms with E-state index in [1.54, 1.807) is 0 Å². The second-order valence-electron chi connectivity index (χ2n) is 8.03. The van der Waals surface area contributed by atoms with Crippen LogP contribution in [0, 0.1) is 11.8 Å². The Labute approximate surface area is 156 Å². The summed E-state index contributed by atoms with van der Waals surface area (Å²) < 4.78 is 6.08. The van der Waals surface area contributed by atoms with Crippen molar-refractivity contribution >= 4 is 5.97 Å². The number of rotatable bonds is 10. The number of hydrogen-bond donors (Lipinski definition) is 3. The van der Waals surface area contributed by atoms with Crippen molar-refractivity contribution in [1.82, 2.24) is 0 Å². The fourth-order valence-electron chi connectivity index (χ4n) is 4.18. The summed E-state index contributed by atoms with van der Waals surface area (Å²) in [5.74, 6) is -0.400. The monoisotopic (exact) mass is 366 g/mol. The van der Waals surface area contributed by atoms with Crippen LogP contribution >= 0.6 is 0 Å². The molecule has 2 fully saturated rings. The first-order chi connectivity index (χ1) is 12.4. The van der Waals surface area contributed by atoms with Gasteiger partial charge in [-0.1, -0.05) is 30.2 Å². The number of hydrogen-bond acceptors (Lipinski definition) is 4. The molecule has 148 valence electrons. The van der Waals surface area contributed by atoms with E-state index in [2.05, 4.69) is 19.9 Å². The van der Waals surface area contributed by atoms with Gasteiger partial charge in [-0.3, -0.25) is 4.79 Å². The molecule has 0 radical (unpaired) electrons. The highest BCUT2D eigenvalue weighted by atomic mass is 16.5. The molecule has 0 amide bonds. The zero-order valence-electron chi connectivity index (χ0n) is 16.0. The van der Waals surface area contributed by atoms with Crippen molar-refractivity contribution in [2.75, 3.05) is 0 Å². The molecule has 2 aliphatic rings. The third-order valence-electron chi connectivity index (χ3n) is 5.53. The Hall–Kier alpha value is -1.17. The Morgan fingerprint density at radius 2 is 2.04 bits per heavy atom. The zero-order valence-corrected chi connectivity index (χ0v) is 16.0. The van der Waals surface area contributed by atoms with E-state index in [0.29, 0.717) is 25.2 Å². The third kappa shape index (κ3) is 6.53. The molecule has 1 saturated carbocycles. The Morgan fingerprint density at radius 3 is 2.73 bits per heavy atom. The number of aliphatic hydroxyl groups excluding tert-OH is 2. The molecular weight excluding hydrogens is 332 g/mol. The van der Waals surface area contributed by atoms with Crippen LogP contribution in [0.25, 0.3) is 0 Å². The molecule has 5 heteroatoms. The first kappa shape index (κ1) is 21.1. The number of ether oxygens (including phenoxy) is 1. The van der Waals surface area contributed by atoms with Crippen molar-refractivity contribution < 1.29 is 24.9 Å². The van der Waals surface area contributed by atoms with Gasteiger partial charge in [0.2, 0.25) is 0 Å². The lowest BCUT2D eigenvalue weighted by Crippen LogP contribution is -2.19. The fraction of sp³-hybridized carbons (Fsp3) is 0.762. The van der Waals surface area contributed by atoms with Crippen LogP contribution in [0.3, 0.4) is 0 Å². The van der Waals surface area contributed by atoms with Gasteiger partial charge in [0.15, 0.2) is 0 Å². The van der Waals surface area contributed by atoms with Crippen LogP contribution < -0.4 is 0 Å². The number of carboxylic acid groups (broad SMARTS) is 1. The summed E-state index contributed by atoms with van der Waals surface area (Å²) in [5, 5.41) is 29.1. The zero-order chi connectivity index (χ0) is 19.1. The van der Waals surface area contributed by atoms with Gasteiger partial charge in [-0.05, 0) is 51.9 Å². The predicted molar refractivity (Wildman–Crippen MR) is 101 cm³/mol. The second-order valence-corrected chi connectivity index (χ2v) is 8.03. The molecule has 1 aliphatic heterocycles. The lowest BCUT2D eigenvalue weighted by Gasteiger charge is -2.18. The van der Waals surface area contributed by atoms with Gasteiger partial charge in [-0.15, -0.1) is 0 Å². The second kappa shape index (κ2) is 10.2. The SMILES string of the molecule is CC(C)=CCC[C@H](O)/C=C/[C@@H]1[C@H]2C[C@@H](CCCCC(=O)O)O[C@H]2C[C@H]1O. The predicted octanol–water partition coefficient (Wildman–Crippen LogP) is 3.45. The molecular formula is C21H34O5. The maximum absolute atomic E-state index is 10.6. The van der Waals surface area contributed by atoms with E-state index in [-0.39, 0.29) is 24.5 Å². The van der Waals surface area contributed by atoms with Crippen molar-refractivity contribution in [3.8, 4) is 0 Å². The summed E-state index contributed by atoms with van der Waals surface area (Å²) in [5.41, 5.74) is 1.26. The van der Waals surface area contributed by atoms with Crippen molar-refractivity contribution in [3.05, 3.63) is 23.8 Å². The van der Waals surface area contributed by atoms with Crippen LogP contribution in [0.1, 0.15) is 65.2 Å². The number of aliphatic hydroxyl groups is 2. The summed E-state index contributed by atoms with van der Waals surface area (Å²) in [4.78, 5) is 10.6. The molecule has 26 heavy (non-hydrogen) atoms. The van der Waals surface area contributed by atoms with Crippen LogP contribution in [-0.4, -0.2) is 45.7 Å². The van der Waals surface area contributed by atoms with E-state index in [0.717, 1.165) is 25.7 Å². The number of fused-ring (bicyclic) bond motifs is 1. The molecule has 0 aromatic heterocycles. The normalized spacial score (nSPS) is 31.9. The highest BCUT2D eigenvalue weighted by Gasteiger charge is 2.47. The minimum absolute atomic E-state index is 0.0436. The number of unbranched alkanes of at least 4 members (excludes halogenated alkanes) is 1. The summed E-state index contributed by atoms with van der Waals surface area (Å²) in [7, 11) is 0. The standard InChI is InChI=1S/C21H34O5/c1-14(2)6-5-7-15(22)10-11-17-18-12-16(8-3-4-9-21(24)25)26-20(18)13-19(17)23/h6,10-11,15-20,22-23H,3-5,7-9,12-13H2,1-2H3,(H,24,25)/b11-10+/t15-,16+,17+,18+,19+,20-/m0/s1. The van der Waals surface area contributed by atoms with Gasteiger partial charge in [0, 0.05) is 18.8 Å². The van der Waals surface area contributed by atoms with Gasteiger partial charge in [-0.25, -0.2) is 0 Å². The Bertz CT molecular complexity index is 509. The lowest BCUT2D eigenvalue weighted by molar-refractivity contribution is -0.137. The molecule has 1 heterocycles. The topological polar surface area (TPSA) is 87.0 Å². The van der Waals surface area contributed by atoms with E-state index in [1.807, 2.05) is 12.2 Å². The van der Waals surface area contributed by atoms with E-state index < -0.39 is 18.2 Å². The molecule has 1 aliphatic carbocycles. The molecule has 0 spiro atoms.